The number of benzene rings is 1. The summed E-state index contributed by atoms with van der Waals surface area (Å²) in [7, 11) is 3.05. The van der Waals surface area contributed by atoms with E-state index in [0.717, 1.165) is 5.69 Å². The van der Waals surface area contributed by atoms with E-state index in [-0.39, 0.29) is 18.2 Å². The molecule has 1 aliphatic heterocycles. The molecule has 2 aromatic rings. The summed E-state index contributed by atoms with van der Waals surface area (Å²) >= 11 is 0. The van der Waals surface area contributed by atoms with Crippen molar-refractivity contribution in [1.82, 2.24) is 25.8 Å². The van der Waals surface area contributed by atoms with Crippen LogP contribution in [0, 0.1) is 5.82 Å². The summed E-state index contributed by atoms with van der Waals surface area (Å²) in [6, 6.07) is 6.86. The topological polar surface area (TPSA) is 122 Å². The van der Waals surface area contributed by atoms with Crippen LogP contribution in [0.1, 0.15) is 31.5 Å². The number of amides is 3. The largest absolute Gasteiger partial charge is 0.490 e. The van der Waals surface area contributed by atoms with Gasteiger partial charge in [0.2, 0.25) is 17.7 Å². The van der Waals surface area contributed by atoms with Crippen molar-refractivity contribution in [2.75, 3.05) is 33.9 Å². The van der Waals surface area contributed by atoms with Gasteiger partial charge in [0.1, 0.15) is 36.3 Å². The average molecular weight is 544 g/mol. The van der Waals surface area contributed by atoms with E-state index in [1.54, 1.807) is 38.2 Å². The fraction of sp³-hybridized carbons (Fsp3) is 0.500. The molecule has 3 N–H and O–H groups in total. The minimum atomic E-state index is -0.923. The van der Waals surface area contributed by atoms with Gasteiger partial charge in [-0.05, 0) is 56.5 Å². The van der Waals surface area contributed by atoms with Gasteiger partial charge in [-0.15, -0.1) is 0 Å². The van der Waals surface area contributed by atoms with Crippen molar-refractivity contribution in [3.05, 3.63) is 59.7 Å². The first-order valence-electron chi connectivity index (χ1n) is 13.1. The predicted molar refractivity (Wildman–Crippen MR) is 144 cm³/mol. The minimum absolute atomic E-state index is 0.158. The molecule has 10 nitrogen and oxygen atoms in total. The van der Waals surface area contributed by atoms with E-state index in [0.29, 0.717) is 43.9 Å². The van der Waals surface area contributed by atoms with E-state index in [2.05, 4.69) is 20.9 Å². The molecule has 0 radical (unpaired) electrons. The number of carbonyl (C=O) groups excluding carboxylic acids is 3. The van der Waals surface area contributed by atoms with Gasteiger partial charge in [0.25, 0.3) is 0 Å². The second-order valence-corrected chi connectivity index (χ2v) is 9.58. The molecule has 0 saturated heterocycles. The van der Waals surface area contributed by atoms with Gasteiger partial charge in [0.15, 0.2) is 0 Å². The summed E-state index contributed by atoms with van der Waals surface area (Å²) in [4.78, 5) is 45.5. The molecule has 0 spiro atoms. The van der Waals surface area contributed by atoms with Gasteiger partial charge in [-0.25, -0.2) is 4.39 Å². The van der Waals surface area contributed by atoms with E-state index in [1.807, 2.05) is 6.07 Å². The van der Waals surface area contributed by atoms with Crippen LogP contribution < -0.4 is 20.7 Å². The molecule has 0 fully saturated rings. The summed E-state index contributed by atoms with van der Waals surface area (Å²) in [5, 5.41) is 8.85. The van der Waals surface area contributed by atoms with Crippen LogP contribution in [0.4, 0.5) is 4.39 Å². The predicted octanol–water partition coefficient (Wildman–Crippen LogP) is 1.23. The molecule has 212 valence electrons. The molecule has 0 saturated carbocycles. The third kappa shape index (κ3) is 8.46. The first kappa shape index (κ1) is 30.0. The van der Waals surface area contributed by atoms with Gasteiger partial charge < -0.3 is 30.3 Å². The molecule has 11 heteroatoms. The molecule has 4 atom stereocenters. The van der Waals surface area contributed by atoms with E-state index < -0.39 is 36.0 Å². The molecule has 1 unspecified atom stereocenters. The van der Waals surface area contributed by atoms with Crippen LogP contribution in [0.25, 0.3) is 0 Å². The zero-order valence-corrected chi connectivity index (χ0v) is 22.9. The van der Waals surface area contributed by atoms with Gasteiger partial charge in [-0.2, -0.15) is 0 Å². The number of methoxy groups -OCH3 is 1. The van der Waals surface area contributed by atoms with Gasteiger partial charge in [-0.1, -0.05) is 12.1 Å². The highest BCUT2D eigenvalue weighted by Crippen LogP contribution is 2.17. The highest BCUT2D eigenvalue weighted by molar-refractivity contribution is 5.93. The third-order valence-electron chi connectivity index (χ3n) is 6.86. The molecule has 3 rings (SSSR count). The van der Waals surface area contributed by atoms with Crippen LogP contribution in [0.5, 0.6) is 5.75 Å². The van der Waals surface area contributed by atoms with Crippen molar-refractivity contribution >= 4 is 17.7 Å². The third-order valence-corrected chi connectivity index (χ3v) is 6.86. The minimum Gasteiger partial charge on any atom is -0.490 e. The first-order valence-corrected chi connectivity index (χ1v) is 13.1. The quantitative estimate of drug-likeness (QED) is 0.530. The van der Waals surface area contributed by atoms with Gasteiger partial charge in [0.05, 0.1) is 11.8 Å². The number of nitrogens with zero attached hydrogens (tertiary/aromatic N) is 2. The van der Waals surface area contributed by atoms with E-state index >= 15 is 0 Å². The number of ether oxygens (including phenoxy) is 2. The molecule has 39 heavy (non-hydrogen) atoms. The van der Waals surface area contributed by atoms with E-state index in [4.69, 9.17) is 9.47 Å². The maximum absolute atomic E-state index is 13.4. The Bertz CT molecular complexity index is 1120. The number of aromatic nitrogens is 1. The SMILES string of the molecule is COC(C)[C@@H]1NCCOc2cccnc2CCCNC(=O)[C@@H](Cc2ccc(F)cc2)NC(=O)[C@@H](C)N(C)C1=O. The number of pyridine rings is 1. The Labute approximate surface area is 228 Å². The molecule has 0 aliphatic carbocycles. The standard InChI is InChI=1S/C28H38FN5O5/c1-18-26(35)33-23(17-20-9-11-21(29)12-10-20)27(36)32-14-5-7-22-24(8-6-13-30-22)39-16-15-31-25(19(2)38-4)28(37)34(18)3/h6,8-13,18-19,23,25,31H,5,7,14-17H2,1-4H3,(H,32,36)(H,33,35)/t18-,19?,23-,25+/m1/s1. The van der Waals surface area contributed by atoms with E-state index in [9.17, 15) is 18.8 Å². The lowest BCUT2D eigenvalue weighted by Gasteiger charge is -2.32. The number of hydrogen-bond donors (Lipinski definition) is 3. The normalized spacial score (nSPS) is 22.9. The Kier molecular flexibility index (Phi) is 11.2. The number of aryl methyl sites for hydroxylation is 1. The Morgan fingerprint density at radius 2 is 1.90 bits per heavy atom. The molecule has 1 aromatic heterocycles. The number of carbonyl (C=O) groups is 3. The number of fused-ring (bicyclic) bond motifs is 1. The lowest BCUT2D eigenvalue weighted by Crippen LogP contribution is -2.58. The van der Waals surface area contributed by atoms with Crippen LogP contribution in [0.2, 0.25) is 0 Å². The van der Waals surface area contributed by atoms with Crippen LogP contribution in [-0.2, 0) is 32.0 Å². The molecule has 2 heterocycles. The number of rotatable bonds is 4. The number of nitrogens with one attached hydrogen (secondary N) is 3. The average Bonchev–Trinajstić information content (AvgIpc) is 2.94. The molecule has 1 aromatic carbocycles. The lowest BCUT2D eigenvalue weighted by atomic mass is 10.0. The maximum atomic E-state index is 13.4. The fourth-order valence-corrected chi connectivity index (χ4v) is 4.24. The van der Waals surface area contributed by atoms with Gasteiger partial charge >= 0.3 is 0 Å². The van der Waals surface area contributed by atoms with Crippen LogP contribution in [-0.4, -0.2) is 85.7 Å². The smallest absolute Gasteiger partial charge is 0.243 e. The fourth-order valence-electron chi connectivity index (χ4n) is 4.24. The molecular weight excluding hydrogens is 505 g/mol. The molecular formula is C28H38FN5O5. The summed E-state index contributed by atoms with van der Waals surface area (Å²) in [6.07, 6.45) is 2.54. The van der Waals surface area contributed by atoms with Crippen molar-refractivity contribution in [1.29, 1.82) is 0 Å². The second-order valence-electron chi connectivity index (χ2n) is 9.58. The van der Waals surface area contributed by atoms with Crippen LogP contribution in [0.15, 0.2) is 42.6 Å². The molecule has 1 aliphatic rings. The Balaban J connectivity index is 1.85. The lowest BCUT2D eigenvalue weighted by molar-refractivity contribution is -0.143. The number of halogens is 1. The maximum Gasteiger partial charge on any atom is 0.243 e. The summed E-state index contributed by atoms with van der Waals surface area (Å²) in [6.45, 7) is 4.38. The van der Waals surface area contributed by atoms with Gasteiger partial charge in [0, 0.05) is 39.9 Å². The first-order chi connectivity index (χ1) is 18.7. The molecule has 0 bridgehead atoms. The summed E-state index contributed by atoms with van der Waals surface area (Å²) in [5.74, 6) is -0.951. The monoisotopic (exact) mass is 543 g/mol. The van der Waals surface area contributed by atoms with Crippen LogP contribution in [0.3, 0.4) is 0 Å². The Hall–Kier alpha value is -3.57. The highest BCUT2D eigenvalue weighted by atomic mass is 19.1. The number of hydrogen-bond acceptors (Lipinski definition) is 7. The Morgan fingerprint density at radius 3 is 2.62 bits per heavy atom. The van der Waals surface area contributed by atoms with Crippen molar-refractivity contribution in [2.45, 2.75) is 57.3 Å². The van der Waals surface area contributed by atoms with Crippen LogP contribution >= 0.6 is 0 Å². The van der Waals surface area contributed by atoms with E-state index in [1.165, 1.54) is 31.2 Å². The zero-order valence-electron chi connectivity index (χ0n) is 22.9. The Morgan fingerprint density at radius 1 is 1.15 bits per heavy atom. The summed E-state index contributed by atoms with van der Waals surface area (Å²) < 4.78 is 24.8. The highest BCUT2D eigenvalue weighted by Gasteiger charge is 2.33. The van der Waals surface area contributed by atoms with Gasteiger partial charge in [-0.3, -0.25) is 19.4 Å². The number of likely N-dealkylation sites (N-methyl/N-ethyl adjacent to an activating group) is 1. The summed E-state index contributed by atoms with van der Waals surface area (Å²) in [5.41, 5.74) is 1.44. The second kappa shape index (κ2) is 14.5. The zero-order chi connectivity index (χ0) is 28.4. The molecule has 3 amide bonds. The van der Waals surface area contributed by atoms with Crippen molar-refractivity contribution < 1.29 is 28.2 Å². The van der Waals surface area contributed by atoms with Crippen molar-refractivity contribution in [3.63, 3.8) is 0 Å². The van der Waals surface area contributed by atoms with Crippen molar-refractivity contribution in [3.8, 4) is 5.75 Å². The van der Waals surface area contributed by atoms with Crippen molar-refractivity contribution in [2.24, 2.45) is 0 Å².